The molecular formula is C14H20N2O3S. The Morgan fingerprint density at radius 3 is 2.80 bits per heavy atom. The molecule has 1 heterocycles. The van der Waals surface area contributed by atoms with Crippen LogP contribution in [0.1, 0.15) is 59.8 Å². The van der Waals surface area contributed by atoms with Gasteiger partial charge in [0.1, 0.15) is 5.69 Å². The van der Waals surface area contributed by atoms with Crippen LogP contribution < -0.4 is 0 Å². The van der Waals surface area contributed by atoms with E-state index in [1.807, 2.05) is 4.90 Å². The summed E-state index contributed by atoms with van der Waals surface area (Å²) in [6, 6.07) is 0.363. The molecule has 1 amide bonds. The van der Waals surface area contributed by atoms with Gasteiger partial charge in [-0.3, -0.25) is 4.79 Å². The Kier molecular flexibility index (Phi) is 5.11. The summed E-state index contributed by atoms with van der Waals surface area (Å²) < 4.78 is 4.89. The molecule has 0 unspecified atom stereocenters. The number of hydrogen-bond acceptors (Lipinski definition) is 5. The van der Waals surface area contributed by atoms with E-state index in [4.69, 9.17) is 4.74 Å². The number of hydrogen-bond donors (Lipinski definition) is 0. The fourth-order valence-corrected chi connectivity index (χ4v) is 2.65. The molecule has 0 aliphatic heterocycles. The number of nitrogens with zero attached hydrogens (tertiary/aromatic N) is 2. The Morgan fingerprint density at radius 2 is 2.20 bits per heavy atom. The maximum Gasteiger partial charge on any atom is 0.367 e. The Bertz CT molecular complexity index is 483. The minimum absolute atomic E-state index is 0.0623. The normalized spacial score (nSPS) is 14.1. The molecule has 0 spiro atoms. The second-order valence-electron chi connectivity index (χ2n) is 4.84. The van der Waals surface area contributed by atoms with Gasteiger partial charge in [0.15, 0.2) is 0 Å². The molecule has 20 heavy (non-hydrogen) atoms. The molecular weight excluding hydrogens is 276 g/mol. The van der Waals surface area contributed by atoms with Gasteiger partial charge in [-0.05, 0) is 26.2 Å². The molecule has 2 rings (SSSR count). The molecule has 1 aromatic heterocycles. The maximum atomic E-state index is 12.4. The number of carbonyl (C=O) groups excluding carboxylic acids is 2. The molecule has 110 valence electrons. The van der Waals surface area contributed by atoms with E-state index >= 15 is 0 Å². The van der Waals surface area contributed by atoms with Crippen LogP contribution in [0.4, 0.5) is 0 Å². The summed E-state index contributed by atoms with van der Waals surface area (Å²) in [5, 5.41) is 1.90. The maximum absolute atomic E-state index is 12.4. The zero-order valence-electron chi connectivity index (χ0n) is 11.9. The smallest absolute Gasteiger partial charge is 0.367 e. The molecule has 5 nitrogen and oxygen atoms in total. The zero-order chi connectivity index (χ0) is 14.5. The van der Waals surface area contributed by atoms with Gasteiger partial charge in [0, 0.05) is 18.0 Å². The zero-order valence-corrected chi connectivity index (χ0v) is 12.7. The van der Waals surface area contributed by atoms with Crippen molar-refractivity contribution in [1.82, 2.24) is 9.88 Å². The van der Waals surface area contributed by atoms with Crippen LogP contribution in [0, 0.1) is 0 Å². The average molecular weight is 296 g/mol. The SMILES string of the molecule is CCCCN(C(=O)c1csc(C(=O)OCC)n1)C1CC1. The second-order valence-corrected chi connectivity index (χ2v) is 5.70. The number of rotatable bonds is 7. The van der Waals surface area contributed by atoms with E-state index in [0.29, 0.717) is 18.3 Å². The van der Waals surface area contributed by atoms with Crippen LogP contribution in [0.3, 0.4) is 0 Å². The standard InChI is InChI=1S/C14H20N2O3S/c1-3-5-8-16(10-6-7-10)13(17)11-9-20-12(15-11)14(18)19-4-2/h9-10H,3-8H2,1-2H3. The summed E-state index contributed by atoms with van der Waals surface area (Å²) in [4.78, 5) is 30.0. The Hall–Kier alpha value is -1.43. The van der Waals surface area contributed by atoms with Crippen molar-refractivity contribution in [2.75, 3.05) is 13.2 Å². The van der Waals surface area contributed by atoms with Gasteiger partial charge in [-0.25, -0.2) is 9.78 Å². The van der Waals surface area contributed by atoms with Crippen molar-refractivity contribution in [3.63, 3.8) is 0 Å². The van der Waals surface area contributed by atoms with E-state index in [9.17, 15) is 9.59 Å². The van der Waals surface area contributed by atoms with E-state index in [0.717, 1.165) is 32.2 Å². The summed E-state index contributed by atoms with van der Waals surface area (Å²) in [5.41, 5.74) is 0.362. The molecule has 1 aromatic rings. The molecule has 1 aliphatic rings. The van der Waals surface area contributed by atoms with Crippen LogP contribution in [-0.2, 0) is 4.74 Å². The molecule has 1 aliphatic carbocycles. The third-order valence-electron chi connectivity index (χ3n) is 3.17. The highest BCUT2D eigenvalue weighted by Crippen LogP contribution is 2.28. The number of ether oxygens (including phenoxy) is 1. The number of carbonyl (C=O) groups is 2. The minimum Gasteiger partial charge on any atom is -0.461 e. The molecule has 0 bridgehead atoms. The van der Waals surface area contributed by atoms with E-state index in [2.05, 4.69) is 11.9 Å². The molecule has 0 saturated heterocycles. The van der Waals surface area contributed by atoms with E-state index in [-0.39, 0.29) is 10.9 Å². The lowest BCUT2D eigenvalue weighted by Gasteiger charge is -2.21. The first-order valence-corrected chi connectivity index (χ1v) is 7.99. The quantitative estimate of drug-likeness (QED) is 0.726. The number of unbranched alkanes of at least 4 members (excludes halogenated alkanes) is 1. The second kappa shape index (κ2) is 6.83. The van der Waals surface area contributed by atoms with Crippen LogP contribution >= 0.6 is 11.3 Å². The lowest BCUT2D eigenvalue weighted by Crippen LogP contribution is -2.34. The molecule has 0 aromatic carbocycles. The predicted molar refractivity (Wildman–Crippen MR) is 77.0 cm³/mol. The third kappa shape index (κ3) is 3.56. The van der Waals surface area contributed by atoms with Gasteiger partial charge in [-0.1, -0.05) is 13.3 Å². The first-order valence-electron chi connectivity index (χ1n) is 7.11. The number of aromatic nitrogens is 1. The van der Waals surface area contributed by atoms with Crippen LogP contribution in [-0.4, -0.2) is 41.0 Å². The summed E-state index contributed by atoms with van der Waals surface area (Å²) in [6.07, 6.45) is 4.20. The van der Waals surface area contributed by atoms with E-state index in [1.165, 1.54) is 11.3 Å². The van der Waals surface area contributed by atoms with Gasteiger partial charge in [0.25, 0.3) is 5.91 Å². The number of thiazole rings is 1. The highest BCUT2D eigenvalue weighted by atomic mass is 32.1. The minimum atomic E-state index is -0.455. The number of amides is 1. The molecule has 0 N–H and O–H groups in total. The van der Waals surface area contributed by atoms with Crippen molar-refractivity contribution in [2.24, 2.45) is 0 Å². The van der Waals surface area contributed by atoms with Crippen molar-refractivity contribution in [3.8, 4) is 0 Å². The first kappa shape index (κ1) is 15.0. The number of esters is 1. The monoisotopic (exact) mass is 296 g/mol. The van der Waals surface area contributed by atoms with Crippen LogP contribution in [0.25, 0.3) is 0 Å². The van der Waals surface area contributed by atoms with Gasteiger partial charge in [-0.2, -0.15) is 0 Å². The van der Waals surface area contributed by atoms with Crippen molar-refractivity contribution in [3.05, 3.63) is 16.1 Å². The lowest BCUT2D eigenvalue weighted by molar-refractivity contribution is 0.0526. The highest BCUT2D eigenvalue weighted by molar-refractivity contribution is 7.11. The first-order chi connectivity index (χ1) is 9.67. The Labute approximate surface area is 122 Å². The fourth-order valence-electron chi connectivity index (χ4n) is 1.97. The topological polar surface area (TPSA) is 59.5 Å². The van der Waals surface area contributed by atoms with Crippen molar-refractivity contribution in [1.29, 1.82) is 0 Å². The van der Waals surface area contributed by atoms with Gasteiger partial charge in [-0.15, -0.1) is 11.3 Å². The summed E-state index contributed by atoms with van der Waals surface area (Å²) >= 11 is 1.17. The Morgan fingerprint density at radius 1 is 1.45 bits per heavy atom. The fraction of sp³-hybridized carbons (Fsp3) is 0.643. The van der Waals surface area contributed by atoms with Crippen LogP contribution in [0.15, 0.2) is 5.38 Å². The average Bonchev–Trinajstić information content (AvgIpc) is 3.15. The van der Waals surface area contributed by atoms with Gasteiger partial charge < -0.3 is 9.64 Å². The van der Waals surface area contributed by atoms with E-state index < -0.39 is 5.97 Å². The van der Waals surface area contributed by atoms with Crippen molar-refractivity contribution < 1.29 is 14.3 Å². The molecule has 6 heteroatoms. The molecule has 0 atom stereocenters. The Balaban J connectivity index is 2.05. The largest absolute Gasteiger partial charge is 0.461 e. The van der Waals surface area contributed by atoms with Crippen LogP contribution in [0.2, 0.25) is 0 Å². The molecule has 1 saturated carbocycles. The highest BCUT2D eigenvalue weighted by Gasteiger charge is 2.33. The summed E-state index contributed by atoms with van der Waals surface area (Å²) in [7, 11) is 0. The van der Waals surface area contributed by atoms with Gasteiger partial charge in [0.2, 0.25) is 5.01 Å². The van der Waals surface area contributed by atoms with E-state index in [1.54, 1.807) is 12.3 Å². The van der Waals surface area contributed by atoms with Gasteiger partial charge in [0.05, 0.1) is 6.61 Å². The third-order valence-corrected chi connectivity index (χ3v) is 4.00. The van der Waals surface area contributed by atoms with Crippen molar-refractivity contribution in [2.45, 2.75) is 45.6 Å². The lowest BCUT2D eigenvalue weighted by atomic mass is 10.3. The molecule has 0 radical (unpaired) electrons. The van der Waals surface area contributed by atoms with Gasteiger partial charge >= 0.3 is 5.97 Å². The summed E-state index contributed by atoms with van der Waals surface area (Å²) in [5.74, 6) is -0.518. The predicted octanol–water partition coefficient (Wildman–Crippen LogP) is 2.72. The van der Waals surface area contributed by atoms with Crippen molar-refractivity contribution >= 4 is 23.2 Å². The molecule has 1 fully saturated rings. The summed E-state index contributed by atoms with van der Waals surface area (Å²) in [6.45, 7) is 4.94. The van der Waals surface area contributed by atoms with Crippen LogP contribution in [0.5, 0.6) is 0 Å².